The molecule has 1 aliphatic carbocycles. The Kier molecular flexibility index (Phi) is 6.58. The molecule has 1 fully saturated rings. The minimum absolute atomic E-state index is 0.136. The molecule has 0 amide bonds. The van der Waals surface area contributed by atoms with Gasteiger partial charge in [0.1, 0.15) is 0 Å². The van der Waals surface area contributed by atoms with E-state index in [1.54, 1.807) is 22.7 Å². The number of aliphatic carboxylic acids is 1. The topological polar surface area (TPSA) is 53.4 Å². The maximum absolute atomic E-state index is 11.1. The molecule has 0 unspecified atom stereocenters. The molecular weight excluding hydrogens is 376 g/mol. The quantitative estimate of drug-likeness (QED) is 0.612. The summed E-state index contributed by atoms with van der Waals surface area (Å²) in [5, 5.41) is 14.3. The number of carboxylic acid groups (broad SMARTS) is 1. The van der Waals surface area contributed by atoms with E-state index in [9.17, 15) is 4.79 Å². The van der Waals surface area contributed by atoms with E-state index >= 15 is 0 Å². The second-order valence-corrected chi connectivity index (χ2v) is 10.5. The average Bonchev–Trinajstić information content (AvgIpc) is 3.29. The van der Waals surface area contributed by atoms with E-state index in [0.29, 0.717) is 17.9 Å². The number of rotatable bonds is 7. The molecular formula is C21H30N2O2S2. The second-order valence-electron chi connectivity index (χ2n) is 8.61. The molecule has 0 saturated heterocycles. The van der Waals surface area contributed by atoms with Gasteiger partial charge >= 0.3 is 5.97 Å². The fourth-order valence-electron chi connectivity index (χ4n) is 3.93. The molecule has 4 nitrogen and oxygen atoms in total. The molecule has 3 rings (SSSR count). The summed E-state index contributed by atoms with van der Waals surface area (Å²) in [4.78, 5) is 19.4. The number of thiophene rings is 1. The summed E-state index contributed by atoms with van der Waals surface area (Å²) < 4.78 is 0. The van der Waals surface area contributed by atoms with Crippen LogP contribution in [0.25, 0.3) is 0 Å². The van der Waals surface area contributed by atoms with Crippen LogP contribution in [0.4, 0.5) is 5.13 Å². The molecule has 0 aliphatic heterocycles. The van der Waals surface area contributed by atoms with Crippen LogP contribution in [0.15, 0.2) is 22.9 Å². The van der Waals surface area contributed by atoms with Crippen LogP contribution in [-0.4, -0.2) is 22.6 Å². The van der Waals surface area contributed by atoms with Crippen molar-refractivity contribution in [3.05, 3.63) is 33.5 Å². The summed E-state index contributed by atoms with van der Waals surface area (Å²) in [6.45, 7) is 8.28. The summed E-state index contributed by atoms with van der Waals surface area (Å²) in [5.74, 6) is 0.595. The summed E-state index contributed by atoms with van der Waals surface area (Å²) in [7, 11) is 0. The van der Waals surface area contributed by atoms with Crippen molar-refractivity contribution in [1.82, 2.24) is 4.98 Å². The lowest BCUT2D eigenvalue weighted by Crippen LogP contribution is -2.26. The van der Waals surface area contributed by atoms with Gasteiger partial charge in [0.25, 0.3) is 0 Å². The summed E-state index contributed by atoms with van der Waals surface area (Å²) in [6.07, 6.45) is 5.12. The van der Waals surface area contributed by atoms with Gasteiger partial charge in [0.15, 0.2) is 5.13 Å². The van der Waals surface area contributed by atoms with Gasteiger partial charge in [-0.15, -0.1) is 22.7 Å². The van der Waals surface area contributed by atoms with Crippen LogP contribution in [0.3, 0.4) is 0 Å². The Bertz CT molecular complexity index is 726. The van der Waals surface area contributed by atoms with Crippen LogP contribution in [0, 0.1) is 11.3 Å². The highest BCUT2D eigenvalue weighted by molar-refractivity contribution is 7.13. The van der Waals surface area contributed by atoms with Gasteiger partial charge in [-0.1, -0.05) is 26.8 Å². The Balaban J connectivity index is 1.67. The third-order valence-electron chi connectivity index (χ3n) is 5.67. The van der Waals surface area contributed by atoms with Crippen LogP contribution in [0.5, 0.6) is 0 Å². The van der Waals surface area contributed by atoms with Crippen molar-refractivity contribution >= 4 is 33.8 Å². The smallest absolute Gasteiger partial charge is 0.305 e. The van der Waals surface area contributed by atoms with E-state index in [1.165, 1.54) is 36.3 Å². The number of nitrogens with zero attached hydrogens (tertiary/aromatic N) is 2. The predicted molar refractivity (Wildman–Crippen MR) is 114 cm³/mol. The molecule has 1 N–H and O–H groups in total. The predicted octanol–water partition coefficient (Wildman–Crippen LogP) is 6.01. The van der Waals surface area contributed by atoms with Crippen LogP contribution in [0.1, 0.15) is 69.4 Å². The fraction of sp³-hybridized carbons (Fsp3) is 0.619. The van der Waals surface area contributed by atoms with Crippen molar-refractivity contribution < 1.29 is 9.90 Å². The van der Waals surface area contributed by atoms with Gasteiger partial charge in [0.2, 0.25) is 0 Å². The third-order valence-corrected chi connectivity index (χ3v) is 7.45. The standard InChI is InChI=1S/C21H30N2O2S2/c1-21(2,3)16-8-6-15(7-9-16)18-14-27-20(22-18)23(11-10-19(24)25)13-17-5-4-12-26-17/h4-5,12,14-16H,6-11,13H2,1-3H3,(H,24,25)/t15-,16-. The van der Waals surface area contributed by atoms with E-state index < -0.39 is 5.97 Å². The minimum atomic E-state index is -0.761. The summed E-state index contributed by atoms with van der Waals surface area (Å²) in [6, 6.07) is 4.14. The number of carbonyl (C=O) groups is 1. The second kappa shape index (κ2) is 8.74. The lowest BCUT2D eigenvalue weighted by Gasteiger charge is -2.36. The summed E-state index contributed by atoms with van der Waals surface area (Å²) >= 11 is 3.36. The van der Waals surface area contributed by atoms with Crippen LogP contribution >= 0.6 is 22.7 Å². The molecule has 0 aromatic carbocycles. The zero-order valence-electron chi connectivity index (χ0n) is 16.5. The number of aromatic nitrogens is 1. The van der Waals surface area contributed by atoms with Crippen molar-refractivity contribution in [3.63, 3.8) is 0 Å². The van der Waals surface area contributed by atoms with Crippen molar-refractivity contribution in [1.29, 1.82) is 0 Å². The molecule has 148 valence electrons. The average molecular weight is 407 g/mol. The number of anilines is 1. The van der Waals surface area contributed by atoms with E-state index in [2.05, 4.69) is 42.5 Å². The first-order chi connectivity index (χ1) is 12.8. The number of hydrogen-bond donors (Lipinski definition) is 1. The molecule has 2 heterocycles. The molecule has 2 aromatic rings. The normalized spacial score (nSPS) is 20.6. The molecule has 1 aliphatic rings. The Morgan fingerprint density at radius 2 is 2.00 bits per heavy atom. The summed E-state index contributed by atoms with van der Waals surface area (Å²) in [5.41, 5.74) is 1.60. The highest BCUT2D eigenvalue weighted by atomic mass is 32.1. The number of carboxylic acids is 1. The van der Waals surface area contributed by atoms with Crippen LogP contribution in [-0.2, 0) is 11.3 Å². The fourth-order valence-corrected chi connectivity index (χ4v) is 5.58. The number of thiazole rings is 1. The molecule has 27 heavy (non-hydrogen) atoms. The molecule has 0 radical (unpaired) electrons. The third kappa shape index (κ3) is 5.55. The van der Waals surface area contributed by atoms with E-state index in [4.69, 9.17) is 10.1 Å². The largest absolute Gasteiger partial charge is 0.481 e. The highest BCUT2D eigenvalue weighted by Crippen LogP contribution is 2.43. The van der Waals surface area contributed by atoms with Gasteiger partial charge in [-0.2, -0.15) is 0 Å². The number of hydrogen-bond acceptors (Lipinski definition) is 5. The minimum Gasteiger partial charge on any atom is -0.481 e. The van der Waals surface area contributed by atoms with Crippen molar-refractivity contribution in [2.45, 2.75) is 65.3 Å². The Morgan fingerprint density at radius 3 is 2.59 bits per heavy atom. The van der Waals surface area contributed by atoms with Gasteiger partial charge in [-0.05, 0) is 48.5 Å². The maximum atomic E-state index is 11.1. The van der Waals surface area contributed by atoms with Crippen molar-refractivity contribution in [2.75, 3.05) is 11.4 Å². The van der Waals surface area contributed by atoms with Gasteiger partial charge in [0.05, 0.1) is 18.7 Å². The lowest BCUT2D eigenvalue weighted by atomic mass is 9.69. The Labute approximate surface area is 170 Å². The maximum Gasteiger partial charge on any atom is 0.305 e. The SMILES string of the molecule is CC(C)(C)[C@H]1CC[C@H](c2csc(N(CCC(=O)O)Cc3cccs3)n2)CC1. The zero-order valence-corrected chi connectivity index (χ0v) is 18.1. The molecule has 0 atom stereocenters. The Hall–Kier alpha value is -1.40. The van der Waals surface area contributed by atoms with Gasteiger partial charge < -0.3 is 10.0 Å². The molecule has 0 spiro atoms. The molecule has 2 aromatic heterocycles. The molecule has 1 saturated carbocycles. The highest BCUT2D eigenvalue weighted by Gasteiger charge is 2.31. The van der Waals surface area contributed by atoms with E-state index in [1.807, 2.05) is 6.07 Å². The van der Waals surface area contributed by atoms with Crippen LogP contribution < -0.4 is 4.90 Å². The van der Waals surface area contributed by atoms with Gasteiger partial charge in [-0.3, -0.25) is 4.79 Å². The zero-order chi connectivity index (χ0) is 19.4. The molecule has 6 heteroatoms. The van der Waals surface area contributed by atoms with E-state index in [0.717, 1.165) is 17.6 Å². The van der Waals surface area contributed by atoms with Gasteiger partial charge in [-0.25, -0.2) is 4.98 Å². The Morgan fingerprint density at radius 1 is 1.26 bits per heavy atom. The van der Waals surface area contributed by atoms with Crippen LogP contribution in [0.2, 0.25) is 0 Å². The van der Waals surface area contributed by atoms with Crippen molar-refractivity contribution in [2.24, 2.45) is 11.3 Å². The first kappa shape index (κ1) is 20.3. The van der Waals surface area contributed by atoms with Crippen molar-refractivity contribution in [3.8, 4) is 0 Å². The monoisotopic (exact) mass is 406 g/mol. The van der Waals surface area contributed by atoms with Gasteiger partial charge in [0, 0.05) is 22.7 Å². The van der Waals surface area contributed by atoms with E-state index in [-0.39, 0.29) is 6.42 Å². The first-order valence-corrected chi connectivity index (χ1v) is 11.5. The lowest BCUT2D eigenvalue weighted by molar-refractivity contribution is -0.136. The first-order valence-electron chi connectivity index (χ1n) is 9.77. The molecule has 0 bridgehead atoms.